The summed E-state index contributed by atoms with van der Waals surface area (Å²) in [4.78, 5) is 17.6. The van der Waals surface area contributed by atoms with Gasteiger partial charge >= 0.3 is 0 Å². The summed E-state index contributed by atoms with van der Waals surface area (Å²) in [6.07, 6.45) is 3.32. The van der Waals surface area contributed by atoms with Crippen molar-refractivity contribution in [2.75, 3.05) is 36.0 Å². The third-order valence-electron chi connectivity index (χ3n) is 4.53. The first kappa shape index (κ1) is 16.1. The van der Waals surface area contributed by atoms with Gasteiger partial charge in [0.1, 0.15) is 17.8 Å². The maximum Gasteiger partial charge on any atom is 0.254 e. The molecule has 1 aliphatic rings. The number of hydrogen-bond acceptors (Lipinski definition) is 9. The van der Waals surface area contributed by atoms with Gasteiger partial charge in [-0.25, -0.2) is 4.98 Å². The zero-order valence-electron chi connectivity index (χ0n) is 14.7. The van der Waals surface area contributed by atoms with Gasteiger partial charge in [0, 0.05) is 44.1 Å². The van der Waals surface area contributed by atoms with Gasteiger partial charge in [0.05, 0.1) is 0 Å². The SMILES string of the molecule is Cc1cc(N2CCN(c3nnc(-c4ccccn4)s3)CC2)n2ncnc2n1. The molecule has 9 nitrogen and oxygen atoms in total. The molecule has 0 bridgehead atoms. The van der Waals surface area contributed by atoms with Crippen LogP contribution in [0, 0.1) is 6.92 Å². The lowest BCUT2D eigenvalue weighted by Crippen LogP contribution is -2.47. The van der Waals surface area contributed by atoms with Crippen LogP contribution in [0.5, 0.6) is 0 Å². The highest BCUT2D eigenvalue weighted by molar-refractivity contribution is 7.18. The van der Waals surface area contributed by atoms with Crippen molar-refractivity contribution in [3.05, 3.63) is 42.5 Å². The van der Waals surface area contributed by atoms with E-state index >= 15 is 0 Å². The van der Waals surface area contributed by atoms with Crippen LogP contribution in [0.15, 0.2) is 36.8 Å². The molecular weight excluding hydrogens is 362 g/mol. The molecule has 1 fully saturated rings. The fourth-order valence-corrected chi connectivity index (χ4v) is 4.07. The summed E-state index contributed by atoms with van der Waals surface area (Å²) < 4.78 is 1.80. The Morgan fingerprint density at radius 3 is 2.67 bits per heavy atom. The molecule has 0 unspecified atom stereocenters. The zero-order chi connectivity index (χ0) is 18.2. The molecule has 1 saturated heterocycles. The average molecular weight is 379 g/mol. The molecule has 0 saturated carbocycles. The van der Waals surface area contributed by atoms with Gasteiger partial charge in [-0.05, 0) is 19.1 Å². The van der Waals surface area contributed by atoms with Gasteiger partial charge in [0.15, 0.2) is 5.01 Å². The molecule has 136 valence electrons. The first-order valence-corrected chi connectivity index (χ1v) is 9.52. The van der Waals surface area contributed by atoms with Gasteiger partial charge in [-0.1, -0.05) is 17.4 Å². The maximum atomic E-state index is 4.41. The van der Waals surface area contributed by atoms with Crippen molar-refractivity contribution in [3.8, 4) is 10.7 Å². The minimum absolute atomic E-state index is 0.636. The molecule has 0 spiro atoms. The predicted molar refractivity (Wildman–Crippen MR) is 103 cm³/mol. The minimum atomic E-state index is 0.636. The summed E-state index contributed by atoms with van der Waals surface area (Å²) in [6, 6.07) is 7.88. The normalized spacial score (nSPS) is 14.9. The Labute approximate surface area is 159 Å². The van der Waals surface area contributed by atoms with Crippen molar-refractivity contribution < 1.29 is 0 Å². The third kappa shape index (κ3) is 2.97. The van der Waals surface area contributed by atoms with Crippen LogP contribution in [0.25, 0.3) is 16.5 Å². The van der Waals surface area contributed by atoms with Gasteiger partial charge < -0.3 is 9.80 Å². The number of pyridine rings is 1. The highest BCUT2D eigenvalue weighted by Gasteiger charge is 2.23. The molecule has 27 heavy (non-hydrogen) atoms. The smallest absolute Gasteiger partial charge is 0.254 e. The fourth-order valence-electron chi connectivity index (χ4n) is 3.20. The van der Waals surface area contributed by atoms with E-state index in [2.05, 4.69) is 46.1 Å². The number of fused-ring (bicyclic) bond motifs is 1. The number of aromatic nitrogens is 7. The zero-order valence-corrected chi connectivity index (χ0v) is 15.5. The summed E-state index contributed by atoms with van der Waals surface area (Å²) in [5.41, 5.74) is 1.80. The number of anilines is 2. The summed E-state index contributed by atoms with van der Waals surface area (Å²) in [6.45, 7) is 5.46. The van der Waals surface area contributed by atoms with Crippen LogP contribution in [-0.2, 0) is 0 Å². The van der Waals surface area contributed by atoms with Crippen molar-refractivity contribution >= 4 is 28.1 Å². The minimum Gasteiger partial charge on any atom is -0.353 e. The highest BCUT2D eigenvalue weighted by atomic mass is 32.1. The number of rotatable bonds is 3. The maximum absolute atomic E-state index is 4.41. The summed E-state index contributed by atoms with van der Waals surface area (Å²) >= 11 is 1.58. The van der Waals surface area contributed by atoms with Crippen LogP contribution in [0.1, 0.15) is 5.69 Å². The van der Waals surface area contributed by atoms with Crippen molar-refractivity contribution in [2.24, 2.45) is 0 Å². The molecule has 1 aliphatic heterocycles. The Hall–Kier alpha value is -3.14. The standard InChI is InChI=1S/C17H17N9S/c1-12-10-14(26-16(21-12)19-11-20-26)24-6-8-25(9-7-24)17-23-22-15(27-17)13-4-2-3-5-18-13/h2-5,10-11H,6-9H2,1H3. The number of nitrogens with zero attached hydrogens (tertiary/aromatic N) is 9. The molecule has 10 heteroatoms. The van der Waals surface area contributed by atoms with E-state index in [9.17, 15) is 0 Å². The quantitative estimate of drug-likeness (QED) is 0.531. The predicted octanol–water partition coefficient (Wildman–Crippen LogP) is 1.67. The Balaban J connectivity index is 1.33. The van der Waals surface area contributed by atoms with E-state index in [0.29, 0.717) is 5.78 Å². The first-order valence-electron chi connectivity index (χ1n) is 8.70. The topological polar surface area (TPSA) is 88.2 Å². The van der Waals surface area contributed by atoms with Gasteiger partial charge in [0.25, 0.3) is 5.78 Å². The molecule has 0 aromatic carbocycles. The first-order chi connectivity index (χ1) is 13.3. The second-order valence-electron chi connectivity index (χ2n) is 6.31. The van der Waals surface area contributed by atoms with Crippen LogP contribution in [0.4, 0.5) is 10.9 Å². The molecule has 5 rings (SSSR count). The Kier molecular flexibility index (Phi) is 3.89. The lowest BCUT2D eigenvalue weighted by molar-refractivity contribution is 0.635. The highest BCUT2D eigenvalue weighted by Crippen LogP contribution is 2.28. The van der Waals surface area contributed by atoms with Crippen LogP contribution in [0.2, 0.25) is 0 Å². The van der Waals surface area contributed by atoms with Crippen molar-refractivity contribution in [1.82, 2.24) is 34.8 Å². The van der Waals surface area contributed by atoms with Gasteiger partial charge in [-0.15, -0.1) is 10.2 Å². The molecule has 0 atom stereocenters. The van der Waals surface area contributed by atoms with E-state index in [4.69, 9.17) is 0 Å². The number of aryl methyl sites for hydroxylation is 1. The summed E-state index contributed by atoms with van der Waals surface area (Å²) in [5.74, 6) is 1.66. The third-order valence-corrected chi connectivity index (χ3v) is 5.54. The Morgan fingerprint density at radius 1 is 1.00 bits per heavy atom. The number of piperazine rings is 1. The second-order valence-corrected chi connectivity index (χ2v) is 7.26. The molecule has 0 aliphatic carbocycles. The largest absolute Gasteiger partial charge is 0.353 e. The van der Waals surface area contributed by atoms with Crippen molar-refractivity contribution in [2.45, 2.75) is 6.92 Å². The molecule has 4 aromatic rings. The van der Waals surface area contributed by atoms with Gasteiger partial charge in [0.2, 0.25) is 5.13 Å². The van der Waals surface area contributed by atoms with E-state index in [1.807, 2.05) is 25.1 Å². The van der Waals surface area contributed by atoms with Crippen LogP contribution in [-0.4, -0.2) is 60.9 Å². The molecule has 0 N–H and O–H groups in total. The van der Waals surface area contributed by atoms with E-state index in [1.165, 1.54) is 0 Å². The number of hydrogen-bond donors (Lipinski definition) is 0. The molecular formula is C17H17N9S. The van der Waals surface area contributed by atoms with E-state index in [-0.39, 0.29) is 0 Å². The summed E-state index contributed by atoms with van der Waals surface area (Å²) in [7, 11) is 0. The molecule has 5 heterocycles. The molecule has 0 radical (unpaired) electrons. The Bertz CT molecular complexity index is 1070. The van der Waals surface area contributed by atoms with E-state index in [1.54, 1.807) is 28.4 Å². The lowest BCUT2D eigenvalue weighted by atomic mass is 10.3. The lowest BCUT2D eigenvalue weighted by Gasteiger charge is -2.35. The van der Waals surface area contributed by atoms with Gasteiger partial charge in [-0.2, -0.15) is 14.6 Å². The molecule has 0 amide bonds. The fraction of sp³-hybridized carbons (Fsp3) is 0.294. The van der Waals surface area contributed by atoms with Crippen LogP contribution < -0.4 is 9.80 Å². The van der Waals surface area contributed by atoms with Crippen LogP contribution >= 0.6 is 11.3 Å². The second kappa shape index (κ2) is 6.54. The monoisotopic (exact) mass is 379 g/mol. The van der Waals surface area contributed by atoms with Gasteiger partial charge in [-0.3, -0.25) is 4.98 Å². The average Bonchev–Trinajstić information content (AvgIpc) is 3.38. The summed E-state index contributed by atoms with van der Waals surface area (Å²) in [5, 5.41) is 14.8. The van der Waals surface area contributed by atoms with E-state index in [0.717, 1.165) is 53.5 Å². The van der Waals surface area contributed by atoms with Crippen molar-refractivity contribution in [1.29, 1.82) is 0 Å². The van der Waals surface area contributed by atoms with Crippen LogP contribution in [0.3, 0.4) is 0 Å². The molecule has 4 aromatic heterocycles. The van der Waals surface area contributed by atoms with E-state index < -0.39 is 0 Å². The van der Waals surface area contributed by atoms with Crippen molar-refractivity contribution in [3.63, 3.8) is 0 Å². The Morgan fingerprint density at radius 2 is 1.85 bits per heavy atom.